The molecule has 120 valence electrons. The second-order valence-electron chi connectivity index (χ2n) is 5.26. The first-order valence-corrected chi connectivity index (χ1v) is 7.51. The summed E-state index contributed by atoms with van der Waals surface area (Å²) in [5.74, 6) is 0. The molecule has 2 N–H and O–H groups in total. The number of nitrogens with zero attached hydrogens (tertiary/aromatic N) is 1. The molecule has 20 heavy (non-hydrogen) atoms. The van der Waals surface area contributed by atoms with Crippen molar-refractivity contribution in [2.45, 2.75) is 25.6 Å². The van der Waals surface area contributed by atoms with E-state index >= 15 is 0 Å². The highest BCUT2D eigenvalue weighted by Crippen LogP contribution is 1.97. The van der Waals surface area contributed by atoms with E-state index in [1.165, 1.54) is 0 Å². The second kappa shape index (κ2) is 11.4. The molecule has 1 aliphatic rings. The molecule has 2 atom stereocenters. The summed E-state index contributed by atoms with van der Waals surface area (Å²) in [4.78, 5) is 2.41. The highest BCUT2D eigenvalue weighted by Gasteiger charge is 2.10. The van der Waals surface area contributed by atoms with Gasteiger partial charge in [0.05, 0.1) is 38.6 Å². The fourth-order valence-electron chi connectivity index (χ4n) is 2.14. The predicted molar refractivity (Wildman–Crippen MR) is 78.0 cm³/mol. The SMILES string of the molecule is COCC(C)OCC(O)CNCCCN1CCOCC1. The van der Waals surface area contributed by atoms with Crippen LogP contribution >= 0.6 is 0 Å². The van der Waals surface area contributed by atoms with Crippen LogP contribution in [0.1, 0.15) is 13.3 Å². The van der Waals surface area contributed by atoms with E-state index < -0.39 is 6.10 Å². The van der Waals surface area contributed by atoms with Gasteiger partial charge in [-0.25, -0.2) is 0 Å². The van der Waals surface area contributed by atoms with Crippen molar-refractivity contribution in [2.24, 2.45) is 0 Å². The number of methoxy groups -OCH3 is 1. The lowest BCUT2D eigenvalue weighted by atomic mass is 10.3. The molecular weight excluding hydrogens is 260 g/mol. The van der Waals surface area contributed by atoms with Gasteiger partial charge in [-0.3, -0.25) is 4.90 Å². The maximum absolute atomic E-state index is 9.76. The second-order valence-corrected chi connectivity index (χ2v) is 5.26. The summed E-state index contributed by atoms with van der Waals surface area (Å²) in [6.07, 6.45) is 0.655. The average molecular weight is 290 g/mol. The van der Waals surface area contributed by atoms with E-state index in [1.807, 2.05) is 6.92 Å². The molecule has 0 spiro atoms. The molecule has 1 heterocycles. The zero-order valence-electron chi connectivity index (χ0n) is 12.8. The Labute approximate surface area is 122 Å². The summed E-state index contributed by atoms with van der Waals surface area (Å²) in [5, 5.41) is 13.0. The minimum absolute atomic E-state index is 0.0240. The predicted octanol–water partition coefficient (Wildman–Crippen LogP) is -0.289. The van der Waals surface area contributed by atoms with Crippen LogP contribution in [0.15, 0.2) is 0 Å². The van der Waals surface area contributed by atoms with Gasteiger partial charge in [0, 0.05) is 26.7 Å². The quantitative estimate of drug-likeness (QED) is 0.510. The molecule has 0 saturated carbocycles. The normalized spacial score (nSPS) is 19.9. The van der Waals surface area contributed by atoms with Crippen LogP contribution in [0.25, 0.3) is 0 Å². The summed E-state index contributed by atoms with van der Waals surface area (Å²) in [5.41, 5.74) is 0. The van der Waals surface area contributed by atoms with Gasteiger partial charge in [-0.2, -0.15) is 0 Å². The van der Waals surface area contributed by atoms with E-state index in [9.17, 15) is 5.11 Å². The lowest BCUT2D eigenvalue weighted by Gasteiger charge is -2.26. The number of ether oxygens (including phenoxy) is 3. The van der Waals surface area contributed by atoms with Crippen molar-refractivity contribution in [3.8, 4) is 0 Å². The Morgan fingerprint density at radius 1 is 1.30 bits per heavy atom. The van der Waals surface area contributed by atoms with E-state index in [0.29, 0.717) is 19.8 Å². The molecule has 0 aromatic carbocycles. The monoisotopic (exact) mass is 290 g/mol. The molecule has 6 heteroatoms. The van der Waals surface area contributed by atoms with Gasteiger partial charge in [0.2, 0.25) is 0 Å². The maximum Gasteiger partial charge on any atom is 0.0897 e. The van der Waals surface area contributed by atoms with Gasteiger partial charge in [-0.1, -0.05) is 0 Å². The third-order valence-electron chi connectivity index (χ3n) is 3.29. The molecule has 0 radical (unpaired) electrons. The number of hydrogen-bond donors (Lipinski definition) is 2. The number of aliphatic hydroxyl groups excluding tert-OH is 1. The van der Waals surface area contributed by atoms with E-state index in [4.69, 9.17) is 14.2 Å². The molecule has 0 aromatic heterocycles. The summed E-state index contributed by atoms with van der Waals surface area (Å²) in [6, 6.07) is 0. The van der Waals surface area contributed by atoms with Crippen LogP contribution in [0.3, 0.4) is 0 Å². The van der Waals surface area contributed by atoms with E-state index in [-0.39, 0.29) is 6.10 Å². The molecule has 0 bridgehead atoms. The Hall–Kier alpha value is -0.240. The molecule has 1 saturated heterocycles. The van der Waals surface area contributed by atoms with Gasteiger partial charge < -0.3 is 24.6 Å². The largest absolute Gasteiger partial charge is 0.389 e. The number of aliphatic hydroxyl groups is 1. The average Bonchev–Trinajstić information content (AvgIpc) is 2.46. The van der Waals surface area contributed by atoms with Gasteiger partial charge in [0.25, 0.3) is 0 Å². The van der Waals surface area contributed by atoms with Crippen molar-refractivity contribution in [2.75, 3.05) is 66.3 Å². The molecule has 0 aliphatic carbocycles. The van der Waals surface area contributed by atoms with Crippen molar-refractivity contribution in [1.29, 1.82) is 0 Å². The fourth-order valence-corrected chi connectivity index (χ4v) is 2.14. The number of nitrogens with one attached hydrogen (secondary N) is 1. The zero-order chi connectivity index (χ0) is 14.6. The van der Waals surface area contributed by atoms with Crippen LogP contribution in [-0.2, 0) is 14.2 Å². The lowest BCUT2D eigenvalue weighted by molar-refractivity contribution is -0.0310. The third kappa shape index (κ3) is 8.84. The van der Waals surface area contributed by atoms with Crippen molar-refractivity contribution < 1.29 is 19.3 Å². The summed E-state index contributed by atoms with van der Waals surface area (Å²) in [7, 11) is 1.65. The molecule has 0 amide bonds. The first kappa shape index (κ1) is 17.8. The lowest BCUT2D eigenvalue weighted by Crippen LogP contribution is -2.38. The van der Waals surface area contributed by atoms with Crippen LogP contribution in [-0.4, -0.2) is 88.5 Å². The summed E-state index contributed by atoms with van der Waals surface area (Å²) in [6.45, 7) is 9.19. The Bertz CT molecular complexity index is 225. The van der Waals surface area contributed by atoms with Crippen molar-refractivity contribution >= 4 is 0 Å². The van der Waals surface area contributed by atoms with Crippen molar-refractivity contribution in [1.82, 2.24) is 10.2 Å². The van der Waals surface area contributed by atoms with E-state index in [0.717, 1.165) is 45.8 Å². The Kier molecular flexibility index (Phi) is 10.2. The zero-order valence-corrected chi connectivity index (χ0v) is 12.8. The van der Waals surface area contributed by atoms with E-state index in [1.54, 1.807) is 7.11 Å². The Morgan fingerprint density at radius 3 is 2.75 bits per heavy atom. The molecule has 0 aromatic rings. The summed E-state index contributed by atoms with van der Waals surface area (Å²) >= 11 is 0. The van der Waals surface area contributed by atoms with Crippen LogP contribution in [0, 0.1) is 0 Å². The Balaban J connectivity index is 1.89. The maximum atomic E-state index is 9.76. The third-order valence-corrected chi connectivity index (χ3v) is 3.29. The fraction of sp³-hybridized carbons (Fsp3) is 1.00. The molecule has 1 aliphatic heterocycles. The minimum atomic E-state index is -0.460. The molecular formula is C14H30N2O4. The van der Waals surface area contributed by atoms with Gasteiger partial charge in [0.15, 0.2) is 0 Å². The van der Waals surface area contributed by atoms with Gasteiger partial charge in [-0.05, 0) is 26.4 Å². The molecule has 1 rings (SSSR count). The number of morpholine rings is 1. The van der Waals surface area contributed by atoms with Crippen LogP contribution in [0.4, 0.5) is 0 Å². The summed E-state index contributed by atoms with van der Waals surface area (Å²) < 4.78 is 15.7. The minimum Gasteiger partial charge on any atom is -0.389 e. The topological polar surface area (TPSA) is 63.2 Å². The van der Waals surface area contributed by atoms with Gasteiger partial charge in [-0.15, -0.1) is 0 Å². The van der Waals surface area contributed by atoms with Gasteiger partial charge >= 0.3 is 0 Å². The van der Waals surface area contributed by atoms with Crippen LogP contribution in [0.5, 0.6) is 0 Å². The van der Waals surface area contributed by atoms with Crippen molar-refractivity contribution in [3.63, 3.8) is 0 Å². The van der Waals surface area contributed by atoms with Crippen molar-refractivity contribution in [3.05, 3.63) is 0 Å². The highest BCUT2D eigenvalue weighted by molar-refractivity contribution is 4.64. The van der Waals surface area contributed by atoms with Gasteiger partial charge in [0.1, 0.15) is 0 Å². The molecule has 2 unspecified atom stereocenters. The molecule has 1 fully saturated rings. The standard InChI is InChI=1S/C14H30N2O4/c1-13(11-18-2)20-12-14(17)10-15-4-3-5-16-6-8-19-9-7-16/h13-15,17H,3-12H2,1-2H3. The van der Waals surface area contributed by atoms with Crippen LogP contribution in [0.2, 0.25) is 0 Å². The van der Waals surface area contributed by atoms with Crippen LogP contribution < -0.4 is 5.32 Å². The van der Waals surface area contributed by atoms with E-state index in [2.05, 4.69) is 10.2 Å². The smallest absolute Gasteiger partial charge is 0.0897 e. The first-order valence-electron chi connectivity index (χ1n) is 7.51. The molecule has 6 nitrogen and oxygen atoms in total. The Morgan fingerprint density at radius 2 is 2.05 bits per heavy atom. The first-order chi connectivity index (χ1) is 9.72. The number of rotatable bonds is 11. The highest BCUT2D eigenvalue weighted by atomic mass is 16.5. The number of hydrogen-bond acceptors (Lipinski definition) is 6.